The minimum absolute atomic E-state index is 0. The number of hydrogen-bond donors (Lipinski definition) is 3. The van der Waals surface area contributed by atoms with E-state index in [2.05, 4.69) is 10.2 Å². The third kappa shape index (κ3) is 17.2. The number of nitrogens with two attached hydrogens (primary N) is 1. The largest absolute Gasteiger partial charge is 0.445 e. The molecule has 2 aliphatic heterocycles. The highest BCUT2D eigenvalue weighted by atomic mass is 19.4. The zero-order chi connectivity index (χ0) is 65.3. The highest BCUT2D eigenvalue weighted by Crippen LogP contribution is 2.47. The minimum atomic E-state index is -5.03. The van der Waals surface area contributed by atoms with E-state index in [0.29, 0.717) is 46.5 Å². The van der Waals surface area contributed by atoms with E-state index in [9.17, 15) is 72.5 Å². The number of carbonyl (C=O) groups is 2. The van der Waals surface area contributed by atoms with Crippen molar-refractivity contribution in [3.05, 3.63) is 226 Å². The van der Waals surface area contributed by atoms with Gasteiger partial charge in [-0.3, -0.25) is 9.80 Å². The lowest BCUT2D eigenvalue weighted by Crippen LogP contribution is -2.66. The number of aliphatic hydroxyl groups excluding tert-OH is 2. The number of alkyl halides is 12. The average Bonchev–Trinajstić information content (AvgIpc) is 0.902. The zero-order valence-corrected chi connectivity index (χ0v) is 48.5. The molecule has 2 saturated heterocycles. The van der Waals surface area contributed by atoms with Gasteiger partial charge in [-0.05, 0) is 109 Å². The Labute approximate surface area is 524 Å². The summed E-state index contributed by atoms with van der Waals surface area (Å²) in [7, 11) is 0. The van der Waals surface area contributed by atoms with E-state index < -0.39 is 107 Å². The molecular formula is C66H72F12N6O8. The summed E-state index contributed by atoms with van der Waals surface area (Å²) in [4.78, 5) is 30.4. The number of ether oxygens (including phenoxy) is 4. The van der Waals surface area contributed by atoms with Crippen LogP contribution < -0.4 is 5.73 Å². The van der Waals surface area contributed by atoms with Gasteiger partial charge in [-0.15, -0.1) is 10.2 Å². The van der Waals surface area contributed by atoms with Crippen LogP contribution in [0.2, 0.25) is 0 Å². The Morgan fingerprint density at radius 2 is 0.837 bits per heavy atom. The first-order valence-electron chi connectivity index (χ1n) is 28.2. The Balaban J connectivity index is 0.000000287. The molecule has 0 unspecified atom stereocenters. The van der Waals surface area contributed by atoms with Gasteiger partial charge in [-0.2, -0.15) is 52.7 Å². The lowest BCUT2D eigenvalue weighted by Gasteiger charge is -2.53. The van der Waals surface area contributed by atoms with E-state index in [1.807, 2.05) is 6.07 Å². The third-order valence-corrected chi connectivity index (χ3v) is 16.4. The van der Waals surface area contributed by atoms with Gasteiger partial charge in [-0.1, -0.05) is 136 Å². The van der Waals surface area contributed by atoms with Crippen LogP contribution in [0.4, 0.5) is 62.3 Å². The van der Waals surface area contributed by atoms with Crippen LogP contribution >= 0.6 is 0 Å². The van der Waals surface area contributed by atoms with E-state index in [1.165, 1.54) is 36.3 Å². The molecule has 1 aromatic heterocycles. The second kappa shape index (κ2) is 29.7. The highest BCUT2D eigenvalue weighted by Gasteiger charge is 2.54. The number of amides is 2. The van der Waals surface area contributed by atoms with Crippen LogP contribution in [-0.4, -0.2) is 92.0 Å². The molecule has 2 aliphatic rings. The summed E-state index contributed by atoms with van der Waals surface area (Å²) in [6, 6.07) is 37.9. The first-order valence-corrected chi connectivity index (χ1v) is 28.2. The maximum atomic E-state index is 14.0. The number of aliphatic hydroxyl groups is 2. The first kappa shape index (κ1) is 73.0. The van der Waals surface area contributed by atoms with Crippen molar-refractivity contribution in [1.82, 2.24) is 24.6 Å². The molecule has 4 N–H and O–H groups in total. The van der Waals surface area contributed by atoms with Crippen molar-refractivity contribution in [2.45, 2.75) is 127 Å². The number of piperidine rings is 2. The fourth-order valence-corrected chi connectivity index (χ4v) is 11.0. The standard InChI is InChI=1S/C33H32F6N4O4.C31H32F6N2O4.2CH4/c1-23(25-14-27(32(34,35)36)16-28(15-25)33(37,38)39)47-20-31(26-10-6-3-7-11-26)13-12-30(19-44,42-21-40-41-22-42)18-43(31)29(45)46-17-24-8-4-2-5-9-24;1-21(23-14-25(30(32,33)34)16-26(15-23)31(35,36)37)43-20-29(24-10-6-3-7-11-24)13-12-28(38,19-40)18-39(29)27(41)42-17-22-8-4-2-5-9-22;;/h2-11,14-16,21-23,44H,12-13,17-20H2,1H3;2-11,14-16,21,40H,12-13,17-20,38H2,1H3;2*1H4/t23-,30-,31-;21-,28-,29-;;/m11../s1. The van der Waals surface area contributed by atoms with Gasteiger partial charge in [-0.25, -0.2) is 9.59 Å². The molecule has 0 bridgehead atoms. The van der Waals surface area contributed by atoms with Gasteiger partial charge in [0.1, 0.15) is 25.9 Å². The van der Waals surface area contributed by atoms with Gasteiger partial charge in [0, 0.05) is 6.54 Å². The second-order valence-electron chi connectivity index (χ2n) is 22.4. The van der Waals surface area contributed by atoms with E-state index in [1.54, 1.807) is 120 Å². The van der Waals surface area contributed by atoms with Crippen LogP contribution in [0.5, 0.6) is 0 Å². The van der Waals surface area contributed by atoms with Gasteiger partial charge in [0.15, 0.2) is 0 Å². The van der Waals surface area contributed by atoms with Crippen molar-refractivity contribution in [3.8, 4) is 0 Å². The van der Waals surface area contributed by atoms with Gasteiger partial charge in [0.2, 0.25) is 0 Å². The normalized spacial score (nSPS) is 20.9. The number of likely N-dealkylation sites (tertiary alicyclic amines) is 2. The molecular weight excluding hydrogens is 1230 g/mol. The number of rotatable bonds is 17. The second-order valence-corrected chi connectivity index (χ2v) is 22.4. The molecule has 498 valence electrons. The molecule has 26 heteroatoms. The molecule has 0 radical (unpaired) electrons. The number of benzene rings is 6. The van der Waals surface area contributed by atoms with Crippen molar-refractivity contribution < 1.29 is 91.4 Å². The van der Waals surface area contributed by atoms with Crippen LogP contribution in [0, 0.1) is 0 Å². The van der Waals surface area contributed by atoms with Crippen molar-refractivity contribution in [2.24, 2.45) is 5.73 Å². The van der Waals surface area contributed by atoms with Gasteiger partial charge >= 0.3 is 36.9 Å². The van der Waals surface area contributed by atoms with Crippen molar-refractivity contribution in [2.75, 3.05) is 39.5 Å². The van der Waals surface area contributed by atoms with E-state index in [4.69, 9.17) is 24.7 Å². The maximum Gasteiger partial charge on any atom is 0.416 e. The molecule has 9 rings (SSSR count). The summed E-state index contributed by atoms with van der Waals surface area (Å²) in [5.74, 6) is 0. The Bertz CT molecular complexity index is 3420. The summed E-state index contributed by atoms with van der Waals surface area (Å²) in [5.41, 5.74) is -2.28. The Morgan fingerprint density at radius 3 is 1.17 bits per heavy atom. The van der Waals surface area contributed by atoms with Gasteiger partial charge in [0.05, 0.1) is 89.6 Å². The minimum Gasteiger partial charge on any atom is -0.445 e. The molecule has 0 aliphatic carbocycles. The third-order valence-electron chi connectivity index (χ3n) is 16.4. The number of carbonyl (C=O) groups excluding carboxylic acids is 2. The topological polar surface area (TPSA) is 175 Å². The lowest BCUT2D eigenvalue weighted by atomic mass is 9.74. The fourth-order valence-electron chi connectivity index (χ4n) is 11.0. The maximum absolute atomic E-state index is 14.0. The molecule has 7 aromatic rings. The molecule has 6 aromatic carbocycles. The highest BCUT2D eigenvalue weighted by molar-refractivity contribution is 5.70. The molecule has 3 heterocycles. The number of halogens is 12. The summed E-state index contributed by atoms with van der Waals surface area (Å²) in [5, 5.41) is 28.4. The zero-order valence-electron chi connectivity index (χ0n) is 48.5. The van der Waals surface area contributed by atoms with Gasteiger partial charge < -0.3 is 39.5 Å². The average molecular weight is 1310 g/mol. The van der Waals surface area contributed by atoms with E-state index >= 15 is 0 Å². The fraction of sp³-hybridized carbons (Fsp3) is 0.394. The molecule has 92 heavy (non-hydrogen) atoms. The van der Waals surface area contributed by atoms with Crippen molar-refractivity contribution in [3.63, 3.8) is 0 Å². The molecule has 0 spiro atoms. The van der Waals surface area contributed by atoms with Crippen LogP contribution in [0.3, 0.4) is 0 Å². The van der Waals surface area contributed by atoms with Gasteiger partial charge in [0.25, 0.3) is 0 Å². The Hall–Kier alpha value is -8.04. The SMILES string of the molecule is C.C.C[C@@H](OC[C@@]1(c2ccccc2)CC[C@@](CO)(n2cnnc2)CN1C(=O)OCc1ccccc1)c1cc(C(F)(F)F)cc(C(F)(F)F)c1.C[C@@H](OC[C@@]1(c2ccccc2)CC[C@](N)(CO)CN1C(=O)OCc1ccccc1)c1cc(C(F)(F)F)cc(C(F)(F)F)c1. The molecule has 0 saturated carbocycles. The van der Waals surface area contributed by atoms with E-state index in [0.717, 1.165) is 0 Å². The lowest BCUT2D eigenvalue weighted by molar-refractivity contribution is -0.145. The predicted molar refractivity (Wildman–Crippen MR) is 316 cm³/mol. The Kier molecular flexibility index (Phi) is 23.6. The summed E-state index contributed by atoms with van der Waals surface area (Å²) in [6.45, 7) is 0.816. The molecule has 14 nitrogen and oxygen atoms in total. The van der Waals surface area contributed by atoms with Crippen LogP contribution in [0.1, 0.15) is 122 Å². The smallest absolute Gasteiger partial charge is 0.416 e. The number of aromatic nitrogens is 3. The molecule has 2 fully saturated rings. The molecule has 2 amide bonds. The Morgan fingerprint density at radius 1 is 0.500 bits per heavy atom. The molecule has 6 atom stereocenters. The summed E-state index contributed by atoms with van der Waals surface area (Å²) in [6.07, 6.45) is -20.4. The predicted octanol–water partition coefficient (Wildman–Crippen LogP) is 15.2. The van der Waals surface area contributed by atoms with Crippen LogP contribution in [0.25, 0.3) is 0 Å². The first-order chi connectivity index (χ1) is 42.4. The van der Waals surface area contributed by atoms with E-state index in [-0.39, 0.29) is 103 Å². The summed E-state index contributed by atoms with van der Waals surface area (Å²) >= 11 is 0. The van der Waals surface area contributed by atoms with Crippen molar-refractivity contribution in [1.29, 1.82) is 0 Å². The van der Waals surface area contributed by atoms with Crippen LogP contribution in [0.15, 0.2) is 170 Å². The van der Waals surface area contributed by atoms with Crippen LogP contribution in [-0.2, 0) is 73.5 Å². The van der Waals surface area contributed by atoms with Crippen molar-refractivity contribution >= 4 is 12.2 Å². The number of nitrogens with zero attached hydrogens (tertiary/aromatic N) is 5. The summed E-state index contributed by atoms with van der Waals surface area (Å²) < 4.78 is 188. The number of hydrogen-bond acceptors (Lipinski definition) is 11. The quantitative estimate of drug-likeness (QED) is 0.0740. The monoisotopic (exact) mass is 1300 g/mol.